The lowest BCUT2D eigenvalue weighted by molar-refractivity contribution is 0.319. The minimum absolute atomic E-state index is 0.591. The van der Waals surface area contributed by atoms with Crippen LogP contribution in [0.3, 0.4) is 0 Å². The molecule has 0 aliphatic heterocycles. The SMILES string of the molecule is COc1ccc2nc3cc(Cl)ccc3c(NCCN(CCCl)CCCl)c2c1. The summed E-state index contributed by atoms with van der Waals surface area (Å²) in [6.07, 6.45) is 0. The van der Waals surface area contributed by atoms with Crippen molar-refractivity contribution in [3.05, 3.63) is 41.4 Å². The fourth-order valence-electron chi connectivity index (χ4n) is 3.13. The number of methoxy groups -OCH3 is 1. The molecule has 0 fully saturated rings. The van der Waals surface area contributed by atoms with Gasteiger partial charge in [0.15, 0.2) is 0 Å². The summed E-state index contributed by atoms with van der Waals surface area (Å²) >= 11 is 18.0. The van der Waals surface area contributed by atoms with Crippen molar-refractivity contribution in [1.82, 2.24) is 9.88 Å². The summed E-state index contributed by atoms with van der Waals surface area (Å²) in [6.45, 7) is 3.25. The van der Waals surface area contributed by atoms with Crippen LogP contribution in [0.5, 0.6) is 5.75 Å². The molecule has 0 aliphatic rings. The smallest absolute Gasteiger partial charge is 0.119 e. The number of aromatic nitrogens is 1. The van der Waals surface area contributed by atoms with E-state index >= 15 is 0 Å². The van der Waals surface area contributed by atoms with Crippen LogP contribution in [0.2, 0.25) is 5.02 Å². The zero-order valence-electron chi connectivity index (χ0n) is 15.1. The number of nitrogens with zero attached hydrogens (tertiary/aromatic N) is 2. The Labute approximate surface area is 174 Å². The number of halogens is 3. The molecule has 0 bridgehead atoms. The van der Waals surface area contributed by atoms with Crippen LogP contribution in [-0.4, -0.2) is 54.9 Å². The van der Waals surface area contributed by atoms with Crippen LogP contribution in [0.15, 0.2) is 36.4 Å². The Morgan fingerprint density at radius 3 is 2.44 bits per heavy atom. The number of benzene rings is 2. The van der Waals surface area contributed by atoms with Gasteiger partial charge < -0.3 is 10.1 Å². The van der Waals surface area contributed by atoms with Crippen molar-refractivity contribution in [1.29, 1.82) is 0 Å². The molecule has 7 heteroatoms. The number of pyridine rings is 1. The average Bonchev–Trinajstić information content (AvgIpc) is 2.67. The second-order valence-corrected chi connectivity index (χ2v) is 7.37. The highest BCUT2D eigenvalue weighted by atomic mass is 35.5. The molecule has 0 atom stereocenters. The van der Waals surface area contributed by atoms with E-state index in [0.29, 0.717) is 16.8 Å². The molecule has 3 aromatic rings. The normalized spacial score (nSPS) is 11.4. The monoisotopic (exact) mass is 425 g/mol. The average molecular weight is 427 g/mol. The molecule has 0 amide bonds. The predicted molar refractivity (Wildman–Crippen MR) is 117 cm³/mol. The molecule has 1 N–H and O–H groups in total. The van der Waals surface area contributed by atoms with Gasteiger partial charge >= 0.3 is 0 Å². The second kappa shape index (κ2) is 9.65. The third kappa shape index (κ3) is 4.88. The fourth-order valence-corrected chi connectivity index (χ4v) is 3.77. The van der Waals surface area contributed by atoms with Gasteiger partial charge in [0.05, 0.1) is 23.8 Å². The van der Waals surface area contributed by atoms with Gasteiger partial charge in [0.25, 0.3) is 0 Å². The molecule has 144 valence electrons. The van der Waals surface area contributed by atoms with Gasteiger partial charge in [0, 0.05) is 53.7 Å². The Morgan fingerprint density at radius 1 is 0.963 bits per heavy atom. The van der Waals surface area contributed by atoms with Crippen molar-refractivity contribution in [2.75, 3.05) is 50.4 Å². The topological polar surface area (TPSA) is 37.4 Å². The van der Waals surface area contributed by atoms with E-state index in [0.717, 1.165) is 59.4 Å². The largest absolute Gasteiger partial charge is 0.497 e. The number of anilines is 1. The zero-order chi connectivity index (χ0) is 19.2. The van der Waals surface area contributed by atoms with E-state index in [1.807, 2.05) is 36.4 Å². The van der Waals surface area contributed by atoms with Crippen molar-refractivity contribution in [2.24, 2.45) is 0 Å². The van der Waals surface area contributed by atoms with Gasteiger partial charge in [-0.3, -0.25) is 4.90 Å². The number of nitrogens with one attached hydrogen (secondary N) is 1. The summed E-state index contributed by atoms with van der Waals surface area (Å²) in [6, 6.07) is 11.7. The zero-order valence-corrected chi connectivity index (χ0v) is 17.4. The van der Waals surface area contributed by atoms with Crippen LogP contribution in [0.25, 0.3) is 21.8 Å². The maximum absolute atomic E-state index is 6.17. The molecule has 0 saturated carbocycles. The van der Waals surface area contributed by atoms with Crippen LogP contribution in [0.1, 0.15) is 0 Å². The molecular formula is C20H22Cl3N3O. The maximum atomic E-state index is 6.17. The molecule has 0 saturated heterocycles. The summed E-state index contributed by atoms with van der Waals surface area (Å²) in [5, 5.41) is 6.30. The third-order valence-electron chi connectivity index (χ3n) is 4.47. The molecule has 0 radical (unpaired) electrons. The van der Waals surface area contributed by atoms with Crippen LogP contribution in [0.4, 0.5) is 5.69 Å². The highest BCUT2D eigenvalue weighted by Crippen LogP contribution is 2.34. The lowest BCUT2D eigenvalue weighted by Crippen LogP contribution is -2.32. The summed E-state index contributed by atoms with van der Waals surface area (Å²) in [5.74, 6) is 1.98. The molecule has 27 heavy (non-hydrogen) atoms. The van der Waals surface area contributed by atoms with Crippen LogP contribution >= 0.6 is 34.8 Å². The summed E-state index contributed by atoms with van der Waals surface area (Å²) < 4.78 is 5.40. The highest BCUT2D eigenvalue weighted by molar-refractivity contribution is 6.31. The second-order valence-electron chi connectivity index (χ2n) is 6.18. The highest BCUT2D eigenvalue weighted by Gasteiger charge is 2.11. The molecule has 3 rings (SSSR count). The Bertz CT molecular complexity index is 914. The first-order valence-electron chi connectivity index (χ1n) is 8.81. The van der Waals surface area contributed by atoms with E-state index in [2.05, 4.69) is 10.2 Å². The molecule has 2 aromatic carbocycles. The Hall–Kier alpha value is -1.46. The molecule has 1 heterocycles. The quantitative estimate of drug-likeness (QED) is 0.375. The Balaban J connectivity index is 1.96. The third-order valence-corrected chi connectivity index (χ3v) is 5.05. The predicted octanol–water partition coefficient (Wildman–Crippen LogP) is 5.24. The van der Waals surface area contributed by atoms with E-state index in [4.69, 9.17) is 44.5 Å². The van der Waals surface area contributed by atoms with Crippen molar-refractivity contribution in [2.45, 2.75) is 0 Å². The summed E-state index contributed by atoms with van der Waals surface area (Å²) in [5.41, 5.74) is 2.79. The van der Waals surface area contributed by atoms with Gasteiger partial charge in [0.2, 0.25) is 0 Å². The maximum Gasteiger partial charge on any atom is 0.119 e. The van der Waals surface area contributed by atoms with Crippen LogP contribution in [-0.2, 0) is 0 Å². The van der Waals surface area contributed by atoms with E-state index < -0.39 is 0 Å². The molecular weight excluding hydrogens is 405 g/mol. The minimum Gasteiger partial charge on any atom is -0.497 e. The minimum atomic E-state index is 0.591. The van der Waals surface area contributed by atoms with E-state index in [1.165, 1.54) is 0 Å². The lowest BCUT2D eigenvalue weighted by atomic mass is 10.1. The van der Waals surface area contributed by atoms with Crippen molar-refractivity contribution in [3.8, 4) is 5.75 Å². The first kappa shape index (κ1) is 20.3. The van der Waals surface area contributed by atoms with Gasteiger partial charge in [-0.25, -0.2) is 4.98 Å². The van der Waals surface area contributed by atoms with Crippen LogP contribution in [0, 0.1) is 0 Å². The number of hydrogen-bond acceptors (Lipinski definition) is 4. The van der Waals surface area contributed by atoms with Gasteiger partial charge in [-0.05, 0) is 36.4 Å². The van der Waals surface area contributed by atoms with E-state index in [9.17, 15) is 0 Å². The van der Waals surface area contributed by atoms with E-state index in [1.54, 1.807) is 7.11 Å². The number of fused-ring (bicyclic) bond motifs is 2. The molecule has 4 nitrogen and oxygen atoms in total. The number of ether oxygens (including phenoxy) is 1. The van der Waals surface area contributed by atoms with Crippen molar-refractivity contribution in [3.63, 3.8) is 0 Å². The standard InChI is InChI=1S/C20H22Cl3N3O/c1-27-15-3-5-18-17(13-15)20(16-4-2-14(23)12-19(16)25-18)24-8-11-26(9-6-21)10-7-22/h2-5,12-13H,6-11H2,1H3,(H,24,25). The summed E-state index contributed by atoms with van der Waals surface area (Å²) in [7, 11) is 1.67. The Kier molecular flexibility index (Phi) is 7.25. The van der Waals surface area contributed by atoms with E-state index in [-0.39, 0.29) is 0 Å². The first-order valence-corrected chi connectivity index (χ1v) is 10.3. The van der Waals surface area contributed by atoms with Gasteiger partial charge in [-0.2, -0.15) is 0 Å². The van der Waals surface area contributed by atoms with Crippen LogP contribution < -0.4 is 10.1 Å². The van der Waals surface area contributed by atoms with Crippen molar-refractivity contribution < 1.29 is 4.74 Å². The first-order chi connectivity index (χ1) is 13.2. The number of hydrogen-bond donors (Lipinski definition) is 1. The number of rotatable bonds is 9. The van der Waals surface area contributed by atoms with Gasteiger partial charge in [-0.15, -0.1) is 23.2 Å². The molecule has 0 spiro atoms. The number of alkyl halides is 2. The molecule has 0 aliphatic carbocycles. The molecule has 0 unspecified atom stereocenters. The lowest BCUT2D eigenvalue weighted by Gasteiger charge is -2.21. The fraction of sp³-hybridized carbons (Fsp3) is 0.350. The Morgan fingerprint density at radius 2 is 1.74 bits per heavy atom. The van der Waals surface area contributed by atoms with Gasteiger partial charge in [0.1, 0.15) is 5.75 Å². The van der Waals surface area contributed by atoms with Crippen molar-refractivity contribution >= 4 is 62.3 Å². The van der Waals surface area contributed by atoms with Gasteiger partial charge in [-0.1, -0.05) is 11.6 Å². The molecule has 1 aromatic heterocycles. The summed E-state index contributed by atoms with van der Waals surface area (Å²) in [4.78, 5) is 7.00.